The van der Waals surface area contributed by atoms with E-state index in [1.807, 2.05) is 116 Å². The third-order valence-corrected chi connectivity index (χ3v) is 11.2. The number of amides is 1. The van der Waals surface area contributed by atoms with Crippen molar-refractivity contribution in [3.05, 3.63) is 126 Å². The van der Waals surface area contributed by atoms with Crippen LogP contribution in [0.15, 0.2) is 108 Å². The van der Waals surface area contributed by atoms with Crippen LogP contribution in [-0.2, 0) is 33.9 Å². The third kappa shape index (κ3) is 8.06. The van der Waals surface area contributed by atoms with Crippen LogP contribution in [0, 0.1) is 12.8 Å². The highest BCUT2D eigenvalue weighted by Crippen LogP contribution is 2.33. The van der Waals surface area contributed by atoms with Crippen LogP contribution >= 0.6 is 0 Å². The molecule has 4 aromatic carbocycles. The molecule has 7 nitrogen and oxygen atoms in total. The predicted octanol–water partition coefficient (Wildman–Crippen LogP) is 7.54. The highest BCUT2D eigenvalue weighted by Gasteiger charge is 2.38. The van der Waals surface area contributed by atoms with E-state index in [0.29, 0.717) is 29.2 Å². The first-order valence-corrected chi connectivity index (χ1v) is 17.9. The summed E-state index contributed by atoms with van der Waals surface area (Å²) >= 11 is 0. The lowest BCUT2D eigenvalue weighted by atomic mass is 9.48. The summed E-state index contributed by atoms with van der Waals surface area (Å²) in [5.74, 6) is 0.0645. The van der Waals surface area contributed by atoms with E-state index < -0.39 is 10.0 Å². The topological polar surface area (TPSA) is 84.3 Å². The molecular formula is C37H44B2N4O3S. The van der Waals surface area contributed by atoms with Gasteiger partial charge in [0.05, 0.1) is 22.9 Å². The zero-order valence-electron chi connectivity index (χ0n) is 28.2. The third-order valence-electron chi connectivity index (χ3n) is 9.06. The molecule has 0 bridgehead atoms. The van der Waals surface area contributed by atoms with Gasteiger partial charge in [-0.3, -0.25) is 13.6 Å². The second-order valence-electron chi connectivity index (χ2n) is 13.1. The summed E-state index contributed by atoms with van der Waals surface area (Å²) in [6.07, 6.45) is 3.13. The maximum absolute atomic E-state index is 15.1. The Hall–Kier alpha value is -4.14. The fraction of sp³-hybridized carbons (Fsp3) is 0.297. The summed E-state index contributed by atoms with van der Waals surface area (Å²) in [6.45, 7) is 11.5. The number of aryl methyl sites for hydroxylation is 1. The van der Waals surface area contributed by atoms with E-state index in [1.165, 1.54) is 0 Å². The maximum Gasteiger partial charge on any atom is 0.229 e. The van der Waals surface area contributed by atoms with Crippen molar-refractivity contribution in [1.82, 2.24) is 13.9 Å². The molecular weight excluding hydrogens is 602 g/mol. The molecule has 1 amide bonds. The van der Waals surface area contributed by atoms with Gasteiger partial charge in [0.1, 0.15) is 0 Å². The largest absolute Gasteiger partial charge is 0.326 e. The van der Waals surface area contributed by atoms with Crippen LogP contribution in [0.2, 0.25) is 13.6 Å². The van der Waals surface area contributed by atoms with Crippen LogP contribution in [0.5, 0.6) is 0 Å². The Morgan fingerprint density at radius 2 is 1.40 bits per heavy atom. The molecule has 0 radical (unpaired) electrons. The minimum atomic E-state index is -4.09. The van der Waals surface area contributed by atoms with Crippen molar-refractivity contribution in [1.29, 1.82) is 0 Å². The number of nitrogens with one attached hydrogen (secondary N) is 1. The number of nitrogens with zero attached hydrogens (tertiary/aromatic N) is 3. The number of hydrogen-bond acceptors (Lipinski definition) is 4. The van der Waals surface area contributed by atoms with Crippen molar-refractivity contribution in [3.63, 3.8) is 0 Å². The van der Waals surface area contributed by atoms with E-state index in [2.05, 4.69) is 26.1 Å². The second kappa shape index (κ2) is 14.7. The Morgan fingerprint density at radius 1 is 0.851 bits per heavy atom. The van der Waals surface area contributed by atoms with E-state index in [4.69, 9.17) is 5.10 Å². The van der Waals surface area contributed by atoms with Crippen molar-refractivity contribution in [2.24, 2.45) is 5.92 Å². The number of fused-ring (bicyclic) bond motifs is 1. The van der Waals surface area contributed by atoms with Gasteiger partial charge in [0.2, 0.25) is 29.6 Å². The Kier molecular flexibility index (Phi) is 10.7. The number of anilines is 1. The highest BCUT2D eigenvalue weighted by molar-refractivity contribution is 7.91. The van der Waals surface area contributed by atoms with Gasteiger partial charge in [-0.2, -0.15) is 5.10 Å². The fourth-order valence-electron chi connectivity index (χ4n) is 6.21. The molecule has 0 fully saturated rings. The minimum Gasteiger partial charge on any atom is -0.326 e. The average molecular weight is 646 g/mol. The van der Waals surface area contributed by atoms with Gasteiger partial charge in [-0.05, 0) is 55.7 Å². The van der Waals surface area contributed by atoms with Crippen LogP contribution in [0.25, 0.3) is 10.9 Å². The highest BCUT2D eigenvalue weighted by atomic mass is 32.2. The van der Waals surface area contributed by atoms with Gasteiger partial charge < -0.3 is 5.32 Å². The molecule has 0 saturated carbocycles. The van der Waals surface area contributed by atoms with E-state index in [1.54, 1.807) is 16.3 Å². The van der Waals surface area contributed by atoms with Crippen LogP contribution in [0.4, 0.5) is 5.69 Å². The Bertz CT molecular complexity index is 1880. The molecule has 1 atom stereocenters. The lowest BCUT2D eigenvalue weighted by molar-refractivity contribution is -0.115. The molecule has 1 heterocycles. The van der Waals surface area contributed by atoms with Crippen LogP contribution in [0.3, 0.4) is 0 Å². The number of sulfonamides is 1. The Morgan fingerprint density at radius 3 is 1.96 bits per heavy atom. The number of rotatable bonds is 13. The van der Waals surface area contributed by atoms with E-state index in [0.717, 1.165) is 22.3 Å². The van der Waals surface area contributed by atoms with Gasteiger partial charge in [0, 0.05) is 17.3 Å². The minimum absolute atomic E-state index is 0.0437. The van der Waals surface area contributed by atoms with Gasteiger partial charge in [0.15, 0.2) is 0 Å². The van der Waals surface area contributed by atoms with E-state index in [9.17, 15) is 4.79 Å². The first-order valence-electron chi connectivity index (χ1n) is 16.4. The summed E-state index contributed by atoms with van der Waals surface area (Å²) < 4.78 is 33.6. The Labute approximate surface area is 280 Å². The quantitative estimate of drug-likeness (QED) is 0.134. The first-order chi connectivity index (χ1) is 22.4. The van der Waals surface area contributed by atoms with E-state index >= 15 is 8.42 Å². The van der Waals surface area contributed by atoms with Crippen LogP contribution in [0.1, 0.15) is 49.1 Å². The molecule has 0 aliphatic heterocycles. The second-order valence-corrected chi connectivity index (χ2v) is 14.9. The van der Waals surface area contributed by atoms with Gasteiger partial charge in [-0.15, -0.1) is 0 Å². The van der Waals surface area contributed by atoms with Gasteiger partial charge in [0.25, 0.3) is 0 Å². The Balaban J connectivity index is 1.60. The maximum atomic E-state index is 15.1. The summed E-state index contributed by atoms with van der Waals surface area (Å²) in [5, 5.41) is 8.37. The molecule has 0 saturated heterocycles. The molecule has 242 valence electrons. The molecule has 5 aromatic rings. The van der Waals surface area contributed by atoms with Crippen molar-refractivity contribution < 1.29 is 13.2 Å². The lowest BCUT2D eigenvalue weighted by Gasteiger charge is -2.31. The van der Waals surface area contributed by atoms with Crippen molar-refractivity contribution in [3.8, 4) is 0 Å². The molecule has 47 heavy (non-hydrogen) atoms. The molecule has 0 spiro atoms. The summed E-state index contributed by atoms with van der Waals surface area (Å²) in [4.78, 5) is 13.4. The van der Waals surface area contributed by atoms with Gasteiger partial charge in [-0.25, -0.2) is 8.42 Å². The summed E-state index contributed by atoms with van der Waals surface area (Å²) in [5.41, 5.74) is 5.00. The summed E-state index contributed by atoms with van der Waals surface area (Å²) in [7, 11) is -4.09. The number of aromatic nitrogens is 2. The molecule has 5 rings (SSSR count). The SMILES string of the molecule is CB(Cc1ccccc1)N(B(C)Cc1ccccc1)S(=O)(=O)c1cc(NC(=O)Cc2ccccc2C)cc2nn(C(C)C(C)C)cc12. The number of carbonyl (C=O) groups excluding carboxylic acids is 1. The van der Waals surface area contributed by atoms with Crippen molar-refractivity contribution in [2.45, 2.75) is 71.3 Å². The number of hydrogen-bond donors (Lipinski definition) is 1. The average Bonchev–Trinajstić information content (AvgIpc) is 3.46. The monoisotopic (exact) mass is 646 g/mol. The predicted molar refractivity (Wildman–Crippen MR) is 195 cm³/mol. The van der Waals surface area contributed by atoms with Crippen LogP contribution in [-0.4, -0.2) is 41.9 Å². The molecule has 10 heteroatoms. The zero-order valence-corrected chi connectivity index (χ0v) is 29.0. The van der Waals surface area contributed by atoms with Crippen molar-refractivity contribution >= 4 is 46.2 Å². The molecule has 1 aromatic heterocycles. The molecule has 1 N–H and O–H groups in total. The van der Waals surface area contributed by atoms with E-state index in [-0.39, 0.29) is 42.9 Å². The summed E-state index contributed by atoms with van der Waals surface area (Å²) in [6, 6.07) is 31.2. The van der Waals surface area contributed by atoms with Crippen molar-refractivity contribution in [2.75, 3.05) is 5.32 Å². The molecule has 1 unspecified atom stereocenters. The smallest absolute Gasteiger partial charge is 0.229 e. The van der Waals surface area contributed by atoms with Gasteiger partial charge in [-0.1, -0.05) is 124 Å². The molecule has 0 aliphatic carbocycles. The van der Waals surface area contributed by atoms with Gasteiger partial charge >= 0.3 is 0 Å². The lowest BCUT2D eigenvalue weighted by Crippen LogP contribution is -2.52. The number of carbonyl (C=O) groups is 1. The zero-order chi connectivity index (χ0) is 33.7. The molecule has 0 aliphatic rings. The number of benzene rings is 4. The standard InChI is InChI=1S/C37H44B2N4O3S/c1-27(2)29(4)42-26-34-35(41-42)22-33(40-37(44)21-32-20-14-13-15-28(32)3)23-36(34)47(45,46)43(38(5)24-30-16-9-7-10-17-30)39(6)25-31-18-11-8-12-19-31/h7-20,22-23,26-27,29H,21,24-25H2,1-6H3,(H,40,44). The van der Waals surface area contributed by atoms with Crippen LogP contribution < -0.4 is 5.32 Å². The normalized spacial score (nSPS) is 12.4. The fourth-order valence-corrected chi connectivity index (χ4v) is 8.24. The first kappa shape index (κ1) is 34.2.